The van der Waals surface area contributed by atoms with Crippen molar-refractivity contribution in [2.45, 2.75) is 12.8 Å². The quantitative estimate of drug-likeness (QED) is 0.327. The van der Waals surface area contributed by atoms with Crippen LogP contribution in [-0.4, -0.2) is 51.9 Å². The molecule has 0 heterocycles. The van der Waals surface area contributed by atoms with Crippen molar-refractivity contribution in [1.82, 2.24) is 0 Å². The molecule has 0 unspecified atom stereocenters. The molecular weight excluding hydrogens is 426 g/mol. The van der Waals surface area contributed by atoms with Crippen LogP contribution in [0, 0.1) is 0 Å². The second kappa shape index (κ2) is 10.8. The van der Waals surface area contributed by atoms with E-state index in [1.807, 2.05) is 0 Å². The zero-order valence-electron chi connectivity index (χ0n) is 16.2. The van der Waals surface area contributed by atoms with Crippen LogP contribution in [0.15, 0.2) is 42.5 Å². The van der Waals surface area contributed by atoms with Gasteiger partial charge in [-0.1, -0.05) is 36.5 Å². The summed E-state index contributed by atoms with van der Waals surface area (Å²) in [6, 6.07) is 10.3. The smallest absolute Gasteiger partial charge is 0.341 e. The Morgan fingerprint density at radius 1 is 0.742 bits per heavy atom. The number of carbonyl (C=O) groups excluding carboxylic acids is 2. The Morgan fingerprint density at radius 2 is 1.19 bits per heavy atom. The molecule has 0 bridgehead atoms. The molecule has 0 saturated heterocycles. The number of ketones is 2. The summed E-state index contributed by atoms with van der Waals surface area (Å²) in [5.74, 6) is -3.22. The van der Waals surface area contributed by atoms with Crippen LogP contribution < -0.4 is 15.2 Å². The van der Waals surface area contributed by atoms with Crippen LogP contribution in [0.2, 0.25) is 0 Å². The summed E-state index contributed by atoms with van der Waals surface area (Å²) < 4.78 is 10.1. The Labute approximate surface area is 182 Å². The van der Waals surface area contributed by atoms with Gasteiger partial charge in [0.05, 0.1) is 0 Å². The Balaban J connectivity index is 2.07. The second-order valence-corrected chi connectivity index (χ2v) is 6.75. The maximum absolute atomic E-state index is 12.5. The third-order valence-corrected chi connectivity index (χ3v) is 4.27. The molecule has 0 aliphatic carbocycles. The van der Waals surface area contributed by atoms with E-state index in [0.717, 1.165) is 0 Å². The predicted molar refractivity (Wildman–Crippen MR) is 113 cm³/mol. The predicted octanol–water partition coefficient (Wildman–Crippen LogP) is 2.09. The molecule has 31 heavy (non-hydrogen) atoms. The molecular formula is C21H19NO8S. The van der Waals surface area contributed by atoms with Crippen molar-refractivity contribution in [2.75, 3.05) is 13.2 Å². The van der Waals surface area contributed by atoms with Crippen LogP contribution in [0.3, 0.4) is 0 Å². The first-order chi connectivity index (χ1) is 14.7. The normalized spacial score (nSPS) is 10.2. The molecule has 0 aromatic heterocycles. The number of thiocarbonyl (C=S) groups is 1. The maximum Gasteiger partial charge on any atom is 0.341 e. The van der Waals surface area contributed by atoms with Gasteiger partial charge >= 0.3 is 11.9 Å². The van der Waals surface area contributed by atoms with Gasteiger partial charge in [0.2, 0.25) is 0 Å². The third kappa shape index (κ3) is 7.19. The molecule has 2 rings (SSSR count). The standard InChI is InChI=1S/C21H19NO8S/c22-21(31)13-3-1-12(2-4-13)15(23)6-7-16(24)14-5-8-17(29-10-19(25)26)18(9-14)30-11-20(27)28/h1-5,8-9H,6-7,10-11H2,(H2,22,31)(H,25,26)(H,27,28). The fraction of sp³-hybridized carbons (Fsp3) is 0.190. The van der Waals surface area contributed by atoms with E-state index >= 15 is 0 Å². The Bertz CT molecular complexity index is 1020. The summed E-state index contributed by atoms with van der Waals surface area (Å²) in [7, 11) is 0. The first kappa shape index (κ1) is 23.5. The van der Waals surface area contributed by atoms with E-state index in [0.29, 0.717) is 11.1 Å². The Kier molecular flexibility index (Phi) is 8.21. The number of Topliss-reactive ketones (excluding diaryl/α,β-unsaturated/α-hetero) is 2. The summed E-state index contributed by atoms with van der Waals surface area (Å²) in [5.41, 5.74) is 6.72. The molecule has 162 valence electrons. The van der Waals surface area contributed by atoms with E-state index < -0.39 is 25.2 Å². The molecule has 4 N–H and O–H groups in total. The number of hydrogen-bond acceptors (Lipinski definition) is 7. The minimum Gasteiger partial charge on any atom is -0.479 e. The van der Waals surface area contributed by atoms with Gasteiger partial charge in [-0.05, 0) is 18.2 Å². The fourth-order valence-electron chi connectivity index (χ4n) is 2.53. The molecule has 0 amide bonds. The lowest BCUT2D eigenvalue weighted by Crippen LogP contribution is -2.13. The molecule has 0 fully saturated rings. The topological polar surface area (TPSA) is 153 Å². The minimum absolute atomic E-state index is 0.0193. The van der Waals surface area contributed by atoms with E-state index in [1.165, 1.54) is 18.2 Å². The number of carboxylic acids is 2. The van der Waals surface area contributed by atoms with Gasteiger partial charge < -0.3 is 25.4 Å². The molecule has 0 radical (unpaired) electrons. The van der Waals surface area contributed by atoms with Gasteiger partial charge in [0.15, 0.2) is 36.3 Å². The summed E-state index contributed by atoms with van der Waals surface area (Å²) >= 11 is 4.86. The van der Waals surface area contributed by atoms with Crippen LogP contribution in [0.25, 0.3) is 0 Å². The van der Waals surface area contributed by atoms with E-state index in [2.05, 4.69) is 0 Å². The van der Waals surface area contributed by atoms with E-state index in [1.54, 1.807) is 24.3 Å². The van der Waals surface area contributed by atoms with Crippen molar-refractivity contribution in [3.8, 4) is 11.5 Å². The van der Waals surface area contributed by atoms with Gasteiger partial charge in [0, 0.05) is 29.5 Å². The number of benzene rings is 2. The first-order valence-electron chi connectivity index (χ1n) is 8.97. The molecule has 2 aromatic rings. The maximum atomic E-state index is 12.5. The van der Waals surface area contributed by atoms with Crippen molar-refractivity contribution in [1.29, 1.82) is 0 Å². The number of carboxylic acid groups (broad SMARTS) is 2. The van der Waals surface area contributed by atoms with Gasteiger partial charge in [-0.15, -0.1) is 0 Å². The highest BCUT2D eigenvalue weighted by atomic mass is 32.1. The highest BCUT2D eigenvalue weighted by Crippen LogP contribution is 2.29. The molecule has 0 atom stereocenters. The Hall–Kier alpha value is -3.79. The van der Waals surface area contributed by atoms with Crippen molar-refractivity contribution < 1.29 is 38.9 Å². The number of ether oxygens (including phenoxy) is 2. The van der Waals surface area contributed by atoms with Crippen molar-refractivity contribution >= 4 is 40.7 Å². The van der Waals surface area contributed by atoms with Gasteiger partial charge in [-0.25, -0.2) is 9.59 Å². The van der Waals surface area contributed by atoms with Crippen molar-refractivity contribution in [2.24, 2.45) is 5.73 Å². The van der Waals surface area contributed by atoms with Crippen LogP contribution in [-0.2, 0) is 9.59 Å². The summed E-state index contributed by atoms with van der Waals surface area (Å²) in [6.45, 7) is -1.37. The summed E-state index contributed by atoms with van der Waals surface area (Å²) in [5, 5.41) is 17.5. The molecule has 9 nitrogen and oxygen atoms in total. The summed E-state index contributed by atoms with van der Waals surface area (Å²) in [4.78, 5) is 46.5. The second-order valence-electron chi connectivity index (χ2n) is 6.31. The lowest BCUT2D eigenvalue weighted by molar-refractivity contribution is -0.140. The average molecular weight is 445 g/mol. The van der Waals surface area contributed by atoms with Gasteiger partial charge in [-0.2, -0.15) is 0 Å². The van der Waals surface area contributed by atoms with Gasteiger partial charge in [-0.3, -0.25) is 9.59 Å². The highest BCUT2D eigenvalue weighted by molar-refractivity contribution is 7.80. The number of carbonyl (C=O) groups is 4. The minimum atomic E-state index is -1.26. The van der Waals surface area contributed by atoms with Crippen LogP contribution in [0.1, 0.15) is 39.1 Å². The number of aliphatic carboxylic acids is 2. The molecule has 0 aliphatic rings. The van der Waals surface area contributed by atoms with Crippen LogP contribution in [0.4, 0.5) is 0 Å². The third-order valence-electron chi connectivity index (χ3n) is 4.04. The van der Waals surface area contributed by atoms with E-state index in [4.69, 9.17) is 37.6 Å². The lowest BCUT2D eigenvalue weighted by Gasteiger charge is -2.12. The average Bonchev–Trinajstić information content (AvgIpc) is 2.74. The largest absolute Gasteiger partial charge is 0.479 e. The van der Waals surface area contributed by atoms with Crippen molar-refractivity contribution in [3.63, 3.8) is 0 Å². The lowest BCUT2D eigenvalue weighted by atomic mass is 10.0. The monoisotopic (exact) mass is 445 g/mol. The van der Waals surface area contributed by atoms with E-state index in [9.17, 15) is 19.2 Å². The first-order valence-corrected chi connectivity index (χ1v) is 9.37. The van der Waals surface area contributed by atoms with Crippen LogP contribution >= 0.6 is 12.2 Å². The van der Waals surface area contributed by atoms with Crippen LogP contribution in [0.5, 0.6) is 11.5 Å². The van der Waals surface area contributed by atoms with Gasteiger partial charge in [0.1, 0.15) is 4.99 Å². The van der Waals surface area contributed by atoms with E-state index in [-0.39, 0.29) is 46.5 Å². The molecule has 10 heteroatoms. The zero-order valence-corrected chi connectivity index (χ0v) is 17.0. The fourth-order valence-corrected chi connectivity index (χ4v) is 2.66. The number of nitrogens with two attached hydrogens (primary N) is 1. The van der Waals surface area contributed by atoms with Crippen molar-refractivity contribution in [3.05, 3.63) is 59.2 Å². The number of rotatable bonds is 12. The molecule has 0 spiro atoms. The highest BCUT2D eigenvalue weighted by Gasteiger charge is 2.16. The Morgan fingerprint density at radius 3 is 1.71 bits per heavy atom. The molecule has 2 aromatic carbocycles. The summed E-state index contributed by atoms with van der Waals surface area (Å²) in [6.07, 6.45) is -0.141. The van der Waals surface area contributed by atoms with Gasteiger partial charge in [0.25, 0.3) is 0 Å². The zero-order chi connectivity index (χ0) is 23.0. The SMILES string of the molecule is NC(=S)c1ccc(C(=O)CCC(=O)c2ccc(OCC(=O)O)c(OCC(=O)O)c2)cc1. The molecule has 0 aliphatic heterocycles. The number of hydrogen-bond donors (Lipinski definition) is 3. The molecule has 0 saturated carbocycles.